The van der Waals surface area contributed by atoms with Gasteiger partial charge in [-0.1, -0.05) is 30.3 Å². The van der Waals surface area contributed by atoms with Crippen LogP contribution in [0.15, 0.2) is 49.1 Å². The van der Waals surface area contributed by atoms with E-state index < -0.39 is 0 Å². The third kappa shape index (κ3) is 2.35. The third-order valence-corrected chi connectivity index (χ3v) is 3.68. The van der Waals surface area contributed by atoms with Crippen LogP contribution in [0.4, 0.5) is 5.69 Å². The van der Waals surface area contributed by atoms with Gasteiger partial charge in [0, 0.05) is 13.1 Å². The SMILES string of the molecule is c1ccc(C2CCN(c3cncnc3)CC2)cc1. The molecule has 0 bridgehead atoms. The van der Waals surface area contributed by atoms with E-state index in [4.69, 9.17) is 0 Å². The van der Waals surface area contributed by atoms with Crippen LogP contribution in [0.5, 0.6) is 0 Å². The van der Waals surface area contributed by atoms with Crippen molar-refractivity contribution in [2.75, 3.05) is 18.0 Å². The highest BCUT2D eigenvalue weighted by atomic mass is 15.1. The molecule has 18 heavy (non-hydrogen) atoms. The molecule has 0 N–H and O–H groups in total. The Balaban J connectivity index is 1.65. The Morgan fingerprint density at radius 3 is 2.28 bits per heavy atom. The summed E-state index contributed by atoms with van der Waals surface area (Å²) in [4.78, 5) is 10.5. The van der Waals surface area contributed by atoms with Crippen molar-refractivity contribution in [1.29, 1.82) is 0 Å². The second-order valence-electron chi connectivity index (χ2n) is 4.77. The van der Waals surface area contributed by atoms with Gasteiger partial charge in [-0.2, -0.15) is 0 Å². The molecule has 0 amide bonds. The summed E-state index contributed by atoms with van der Waals surface area (Å²) in [5, 5.41) is 0. The highest BCUT2D eigenvalue weighted by molar-refractivity contribution is 5.42. The number of hydrogen-bond donors (Lipinski definition) is 0. The molecule has 1 aliphatic rings. The zero-order valence-corrected chi connectivity index (χ0v) is 10.4. The van der Waals surface area contributed by atoms with Gasteiger partial charge in [0.25, 0.3) is 0 Å². The lowest BCUT2D eigenvalue weighted by molar-refractivity contribution is 0.505. The molecule has 1 aliphatic heterocycles. The summed E-state index contributed by atoms with van der Waals surface area (Å²) in [7, 11) is 0. The van der Waals surface area contributed by atoms with Crippen LogP contribution in [0.25, 0.3) is 0 Å². The van der Waals surface area contributed by atoms with E-state index in [1.54, 1.807) is 6.33 Å². The molecule has 2 heterocycles. The molecule has 0 aliphatic carbocycles. The Hall–Kier alpha value is -1.90. The molecule has 1 saturated heterocycles. The van der Waals surface area contributed by atoms with Gasteiger partial charge in [0.15, 0.2) is 0 Å². The molecule has 3 rings (SSSR count). The lowest BCUT2D eigenvalue weighted by Crippen LogP contribution is -2.32. The summed E-state index contributed by atoms with van der Waals surface area (Å²) in [6.45, 7) is 2.18. The van der Waals surface area contributed by atoms with Crippen molar-refractivity contribution in [2.24, 2.45) is 0 Å². The van der Waals surface area contributed by atoms with Crippen LogP contribution in [0.3, 0.4) is 0 Å². The monoisotopic (exact) mass is 239 g/mol. The van der Waals surface area contributed by atoms with E-state index in [1.165, 1.54) is 18.4 Å². The minimum atomic E-state index is 0.701. The topological polar surface area (TPSA) is 29.0 Å². The zero-order valence-electron chi connectivity index (χ0n) is 10.4. The summed E-state index contributed by atoms with van der Waals surface area (Å²) < 4.78 is 0. The summed E-state index contributed by atoms with van der Waals surface area (Å²) in [6.07, 6.45) is 7.80. The molecule has 1 fully saturated rings. The first-order valence-electron chi connectivity index (χ1n) is 6.48. The maximum Gasteiger partial charge on any atom is 0.115 e. The average Bonchev–Trinajstić information content (AvgIpc) is 2.49. The fourth-order valence-electron chi connectivity index (χ4n) is 2.65. The third-order valence-electron chi connectivity index (χ3n) is 3.68. The van der Waals surface area contributed by atoms with Gasteiger partial charge in [-0.3, -0.25) is 0 Å². The largest absolute Gasteiger partial charge is 0.369 e. The highest BCUT2D eigenvalue weighted by Crippen LogP contribution is 2.29. The van der Waals surface area contributed by atoms with Gasteiger partial charge in [-0.15, -0.1) is 0 Å². The molecule has 0 atom stereocenters. The van der Waals surface area contributed by atoms with Crippen LogP contribution in [0.1, 0.15) is 24.3 Å². The van der Waals surface area contributed by atoms with Crippen LogP contribution in [-0.4, -0.2) is 23.1 Å². The van der Waals surface area contributed by atoms with Crippen molar-refractivity contribution in [3.8, 4) is 0 Å². The molecule has 3 heteroatoms. The van der Waals surface area contributed by atoms with Crippen molar-refractivity contribution in [3.63, 3.8) is 0 Å². The van der Waals surface area contributed by atoms with Gasteiger partial charge in [-0.05, 0) is 24.3 Å². The second-order valence-corrected chi connectivity index (χ2v) is 4.77. The quantitative estimate of drug-likeness (QED) is 0.807. The average molecular weight is 239 g/mol. The van der Waals surface area contributed by atoms with Gasteiger partial charge in [0.1, 0.15) is 6.33 Å². The molecule has 1 aromatic carbocycles. The number of rotatable bonds is 2. The molecule has 0 spiro atoms. The second kappa shape index (κ2) is 5.17. The van der Waals surface area contributed by atoms with Crippen molar-refractivity contribution >= 4 is 5.69 Å². The van der Waals surface area contributed by atoms with Gasteiger partial charge in [0.05, 0.1) is 18.1 Å². The first kappa shape index (κ1) is 11.2. The number of piperidine rings is 1. The predicted octanol–water partition coefficient (Wildman–Crippen LogP) is 2.86. The number of nitrogens with zero attached hydrogens (tertiary/aromatic N) is 3. The predicted molar refractivity (Wildman–Crippen MR) is 72.7 cm³/mol. The molecular weight excluding hydrogens is 222 g/mol. The molecule has 3 nitrogen and oxygen atoms in total. The van der Waals surface area contributed by atoms with Crippen LogP contribution in [0.2, 0.25) is 0 Å². The number of anilines is 1. The first-order chi connectivity index (χ1) is 8.93. The summed E-state index contributed by atoms with van der Waals surface area (Å²) in [5.74, 6) is 0.701. The van der Waals surface area contributed by atoms with E-state index in [1.807, 2.05) is 12.4 Å². The Labute approximate surface area is 108 Å². The normalized spacial score (nSPS) is 16.8. The Bertz CT molecular complexity index is 428. The summed E-state index contributed by atoms with van der Waals surface area (Å²) >= 11 is 0. The van der Waals surface area contributed by atoms with Gasteiger partial charge in [0.2, 0.25) is 0 Å². The van der Waals surface area contributed by atoms with Crippen molar-refractivity contribution in [3.05, 3.63) is 54.6 Å². The van der Waals surface area contributed by atoms with Gasteiger partial charge in [-0.25, -0.2) is 9.97 Å². The summed E-state index contributed by atoms with van der Waals surface area (Å²) in [5.41, 5.74) is 2.62. The Kier molecular flexibility index (Phi) is 3.22. The van der Waals surface area contributed by atoms with E-state index >= 15 is 0 Å². The van der Waals surface area contributed by atoms with Crippen LogP contribution < -0.4 is 4.90 Å². The molecule has 0 saturated carbocycles. The molecule has 1 aromatic heterocycles. The smallest absolute Gasteiger partial charge is 0.115 e. The van der Waals surface area contributed by atoms with Crippen LogP contribution in [-0.2, 0) is 0 Å². The fourth-order valence-corrected chi connectivity index (χ4v) is 2.65. The van der Waals surface area contributed by atoms with E-state index in [2.05, 4.69) is 45.2 Å². The van der Waals surface area contributed by atoms with E-state index in [0.29, 0.717) is 5.92 Å². The Morgan fingerprint density at radius 2 is 1.61 bits per heavy atom. The molecule has 2 aromatic rings. The first-order valence-corrected chi connectivity index (χ1v) is 6.48. The Morgan fingerprint density at radius 1 is 0.944 bits per heavy atom. The van der Waals surface area contributed by atoms with Crippen LogP contribution in [0, 0.1) is 0 Å². The molecule has 0 radical (unpaired) electrons. The van der Waals surface area contributed by atoms with Gasteiger partial charge < -0.3 is 4.90 Å². The lowest BCUT2D eigenvalue weighted by atomic mass is 9.89. The lowest BCUT2D eigenvalue weighted by Gasteiger charge is -2.33. The van der Waals surface area contributed by atoms with E-state index in [-0.39, 0.29) is 0 Å². The minimum Gasteiger partial charge on any atom is -0.369 e. The highest BCUT2D eigenvalue weighted by Gasteiger charge is 2.20. The maximum atomic E-state index is 4.08. The fraction of sp³-hybridized carbons (Fsp3) is 0.333. The van der Waals surface area contributed by atoms with Crippen molar-refractivity contribution in [2.45, 2.75) is 18.8 Å². The number of hydrogen-bond acceptors (Lipinski definition) is 3. The molecule has 92 valence electrons. The maximum absolute atomic E-state index is 4.08. The van der Waals surface area contributed by atoms with Gasteiger partial charge >= 0.3 is 0 Å². The standard InChI is InChI=1S/C15H17N3/c1-2-4-13(5-3-1)14-6-8-18(9-7-14)15-10-16-12-17-11-15/h1-5,10-12,14H,6-9H2. The zero-order chi connectivity index (χ0) is 12.2. The number of benzene rings is 1. The van der Waals surface area contributed by atoms with E-state index in [9.17, 15) is 0 Å². The van der Waals surface area contributed by atoms with Crippen LogP contribution >= 0.6 is 0 Å². The molecule has 0 unspecified atom stereocenters. The minimum absolute atomic E-state index is 0.701. The van der Waals surface area contributed by atoms with Crippen molar-refractivity contribution < 1.29 is 0 Å². The number of aromatic nitrogens is 2. The van der Waals surface area contributed by atoms with E-state index in [0.717, 1.165) is 18.8 Å². The molecular formula is C15H17N3. The summed E-state index contributed by atoms with van der Waals surface area (Å²) in [6, 6.07) is 10.8. The van der Waals surface area contributed by atoms with Crippen molar-refractivity contribution in [1.82, 2.24) is 9.97 Å².